The van der Waals surface area contributed by atoms with Gasteiger partial charge < -0.3 is 11.1 Å². The van der Waals surface area contributed by atoms with E-state index in [0.29, 0.717) is 26.3 Å². The van der Waals surface area contributed by atoms with Gasteiger partial charge in [0.25, 0.3) is 10.1 Å². The summed E-state index contributed by atoms with van der Waals surface area (Å²) in [4.78, 5) is 11.1. The summed E-state index contributed by atoms with van der Waals surface area (Å²) in [7, 11) is -4.52. The molecule has 0 fully saturated rings. The Bertz CT molecular complexity index is 898. The van der Waals surface area contributed by atoms with Crippen LogP contribution in [-0.4, -0.2) is 18.9 Å². The fourth-order valence-corrected chi connectivity index (χ4v) is 4.30. The number of carbonyl (C=O) groups excluding carboxylic acids is 1. The summed E-state index contributed by atoms with van der Waals surface area (Å²) >= 11 is 6.63. The van der Waals surface area contributed by atoms with E-state index in [2.05, 4.69) is 37.2 Å². The molecule has 0 aliphatic rings. The van der Waals surface area contributed by atoms with E-state index in [-0.39, 0.29) is 28.4 Å². The summed E-state index contributed by atoms with van der Waals surface area (Å²) < 4.78 is 33.8. The van der Waals surface area contributed by atoms with Gasteiger partial charge in [-0.3, -0.25) is 9.35 Å². The molecule has 0 aromatic heterocycles. The van der Waals surface area contributed by atoms with E-state index in [4.69, 9.17) is 5.73 Å². The van der Waals surface area contributed by atoms with Gasteiger partial charge in [0.05, 0.1) is 10.2 Å². The first-order chi connectivity index (χ1) is 10.7. The van der Waals surface area contributed by atoms with Gasteiger partial charge in [0.1, 0.15) is 4.90 Å². The summed E-state index contributed by atoms with van der Waals surface area (Å²) in [6.45, 7) is 1.96. The van der Waals surface area contributed by atoms with Crippen molar-refractivity contribution in [2.75, 3.05) is 5.73 Å². The van der Waals surface area contributed by atoms with Crippen LogP contribution in [0.3, 0.4) is 0 Å². The van der Waals surface area contributed by atoms with Crippen LogP contribution in [0.4, 0.5) is 5.69 Å². The van der Waals surface area contributed by atoms with E-state index in [1.54, 1.807) is 25.1 Å². The average Bonchev–Trinajstić information content (AvgIpc) is 2.48. The van der Waals surface area contributed by atoms with Gasteiger partial charge in [0.15, 0.2) is 0 Å². The van der Waals surface area contributed by atoms with Crippen LogP contribution in [-0.2, 0) is 21.5 Å². The molecule has 0 bridgehead atoms. The molecule has 124 valence electrons. The molecule has 0 atom stereocenters. The van der Waals surface area contributed by atoms with Crippen molar-refractivity contribution < 1.29 is 17.8 Å². The van der Waals surface area contributed by atoms with Gasteiger partial charge in [-0.2, -0.15) is 8.42 Å². The topological polar surface area (TPSA) is 109 Å². The molecule has 2 aromatic carbocycles. The summed E-state index contributed by atoms with van der Waals surface area (Å²) in [6, 6.07) is 4.96. The van der Waals surface area contributed by atoms with Crippen molar-refractivity contribution in [1.29, 1.82) is 0 Å². The normalized spacial score (nSPS) is 11.7. The molecule has 23 heavy (non-hydrogen) atoms. The van der Waals surface area contributed by atoms with E-state index in [1.165, 1.54) is 0 Å². The third-order valence-electron chi connectivity index (χ3n) is 3.34. The fourth-order valence-electron chi connectivity index (χ4n) is 2.27. The molecule has 2 rings (SSSR count). The fraction of sp³-hybridized carbons (Fsp3) is 0.214. The predicted octanol–water partition coefficient (Wildman–Crippen LogP) is 3.22. The molecule has 6 nitrogen and oxygen atoms in total. The van der Waals surface area contributed by atoms with Crippen molar-refractivity contribution in [3.63, 3.8) is 0 Å². The predicted molar refractivity (Wildman–Crippen MR) is 95.7 cm³/mol. The lowest BCUT2D eigenvalue weighted by Crippen LogP contribution is -2.21. The number of hydrogen-bond acceptors (Lipinski definition) is 4. The van der Waals surface area contributed by atoms with Crippen LogP contribution in [0, 0.1) is 0 Å². The van der Waals surface area contributed by atoms with E-state index >= 15 is 0 Å². The number of carbonyl (C=O) groups is 1. The molecular formula is C14H14Br2N2O4S. The first-order valence-corrected chi connectivity index (χ1v) is 9.63. The summed E-state index contributed by atoms with van der Waals surface area (Å²) in [5, 5.41) is 3.58. The molecule has 0 aliphatic carbocycles. The van der Waals surface area contributed by atoms with Crippen LogP contribution >= 0.6 is 31.9 Å². The Morgan fingerprint density at radius 1 is 1.30 bits per heavy atom. The Morgan fingerprint density at radius 2 is 1.96 bits per heavy atom. The summed E-state index contributed by atoms with van der Waals surface area (Å²) in [5.74, 6) is -0.123. The quantitative estimate of drug-likeness (QED) is 0.474. The van der Waals surface area contributed by atoms with Crippen molar-refractivity contribution >= 4 is 64.3 Å². The van der Waals surface area contributed by atoms with Crippen LogP contribution in [0.25, 0.3) is 10.8 Å². The van der Waals surface area contributed by atoms with Crippen LogP contribution in [0.15, 0.2) is 32.0 Å². The van der Waals surface area contributed by atoms with E-state index in [0.717, 1.165) is 0 Å². The minimum atomic E-state index is -4.52. The van der Waals surface area contributed by atoms with Crippen LogP contribution in [0.2, 0.25) is 0 Å². The van der Waals surface area contributed by atoms with Gasteiger partial charge in [-0.05, 0) is 37.4 Å². The lowest BCUT2D eigenvalue weighted by Gasteiger charge is -2.15. The molecule has 4 N–H and O–H groups in total. The number of nitrogens with two attached hydrogens (primary N) is 1. The highest BCUT2D eigenvalue weighted by Crippen LogP contribution is 2.42. The summed E-state index contributed by atoms with van der Waals surface area (Å²) in [5.41, 5.74) is 6.46. The van der Waals surface area contributed by atoms with Gasteiger partial charge in [-0.15, -0.1) is 0 Å². The zero-order valence-electron chi connectivity index (χ0n) is 12.1. The molecule has 0 saturated heterocycles. The number of rotatable bonds is 4. The Labute approximate surface area is 150 Å². The van der Waals surface area contributed by atoms with Crippen molar-refractivity contribution in [2.45, 2.75) is 24.8 Å². The highest BCUT2D eigenvalue weighted by atomic mass is 79.9. The Kier molecular flexibility index (Phi) is 5.34. The zero-order valence-corrected chi connectivity index (χ0v) is 16.0. The third-order valence-corrected chi connectivity index (χ3v) is 6.45. The van der Waals surface area contributed by atoms with Crippen LogP contribution < -0.4 is 11.1 Å². The number of benzene rings is 2. The van der Waals surface area contributed by atoms with E-state index in [1.807, 2.05) is 0 Å². The molecule has 9 heteroatoms. The molecule has 0 unspecified atom stereocenters. The lowest BCUT2D eigenvalue weighted by molar-refractivity contribution is -0.120. The Hall–Kier alpha value is -1.16. The van der Waals surface area contributed by atoms with Crippen LogP contribution in [0.1, 0.15) is 18.9 Å². The molecule has 1 amide bonds. The molecule has 0 aliphatic heterocycles. The lowest BCUT2D eigenvalue weighted by atomic mass is 10.0. The largest absolute Gasteiger partial charge is 0.397 e. The van der Waals surface area contributed by atoms with Gasteiger partial charge in [0, 0.05) is 28.2 Å². The van der Waals surface area contributed by atoms with E-state index < -0.39 is 10.1 Å². The molecule has 0 radical (unpaired) electrons. The number of anilines is 1. The monoisotopic (exact) mass is 464 g/mol. The molecule has 2 aromatic rings. The SMILES string of the molecule is CCC(=O)NCc1cccc2c(S(=O)(=O)O)c(N)c(Br)c(Br)c12. The van der Waals surface area contributed by atoms with Crippen molar-refractivity contribution in [3.05, 3.63) is 32.7 Å². The van der Waals surface area contributed by atoms with Gasteiger partial charge in [-0.25, -0.2) is 0 Å². The number of halogens is 2. The van der Waals surface area contributed by atoms with E-state index in [9.17, 15) is 17.8 Å². The van der Waals surface area contributed by atoms with Crippen molar-refractivity contribution in [3.8, 4) is 0 Å². The molecular weight excluding hydrogens is 452 g/mol. The standard InChI is InChI=1S/C14H14Br2N2O4S/c1-2-9(19)18-6-7-4-3-5-8-10(7)11(15)12(16)13(17)14(8)23(20,21)22/h3-5H,2,6,17H2,1H3,(H,18,19)(H,20,21,22). The maximum absolute atomic E-state index is 11.7. The maximum atomic E-state index is 11.7. The summed E-state index contributed by atoms with van der Waals surface area (Å²) in [6.07, 6.45) is 0.346. The number of fused-ring (bicyclic) bond motifs is 1. The smallest absolute Gasteiger partial charge is 0.297 e. The number of amides is 1. The minimum Gasteiger partial charge on any atom is -0.397 e. The van der Waals surface area contributed by atoms with Crippen molar-refractivity contribution in [2.24, 2.45) is 0 Å². The van der Waals surface area contributed by atoms with Gasteiger partial charge in [-0.1, -0.05) is 25.1 Å². The molecule has 0 heterocycles. The maximum Gasteiger partial charge on any atom is 0.297 e. The first-order valence-electron chi connectivity index (χ1n) is 6.60. The second-order valence-corrected chi connectivity index (χ2v) is 7.76. The number of nitrogen functional groups attached to an aromatic ring is 1. The first kappa shape index (κ1) is 18.2. The number of hydrogen-bond donors (Lipinski definition) is 3. The number of nitrogens with one attached hydrogen (secondary N) is 1. The Morgan fingerprint density at radius 3 is 2.52 bits per heavy atom. The minimum absolute atomic E-state index is 0.0818. The zero-order chi connectivity index (χ0) is 17.4. The molecule has 0 saturated carbocycles. The average molecular weight is 466 g/mol. The van der Waals surface area contributed by atoms with Crippen LogP contribution in [0.5, 0.6) is 0 Å². The third kappa shape index (κ3) is 3.52. The van der Waals surface area contributed by atoms with Gasteiger partial charge in [0.2, 0.25) is 5.91 Å². The van der Waals surface area contributed by atoms with Gasteiger partial charge >= 0.3 is 0 Å². The van der Waals surface area contributed by atoms with Crippen molar-refractivity contribution in [1.82, 2.24) is 5.32 Å². The molecule has 0 spiro atoms. The Balaban J connectivity index is 2.79. The highest BCUT2D eigenvalue weighted by Gasteiger charge is 2.24. The highest BCUT2D eigenvalue weighted by molar-refractivity contribution is 9.13. The second kappa shape index (κ2) is 6.76. The second-order valence-electron chi connectivity index (χ2n) is 4.82.